The molecule has 1 N–H and O–H groups in total. The van der Waals surface area contributed by atoms with Crippen LogP contribution in [0.1, 0.15) is 27.9 Å². The molecule has 0 spiro atoms. The summed E-state index contributed by atoms with van der Waals surface area (Å²) < 4.78 is 0. The lowest BCUT2D eigenvalue weighted by Crippen LogP contribution is -2.41. The number of ketones is 1. The van der Waals surface area contributed by atoms with Crippen molar-refractivity contribution in [1.29, 1.82) is 0 Å². The van der Waals surface area contributed by atoms with Gasteiger partial charge in [0.2, 0.25) is 0 Å². The van der Waals surface area contributed by atoms with Gasteiger partial charge in [-0.1, -0.05) is 78.3 Å². The van der Waals surface area contributed by atoms with E-state index in [4.69, 9.17) is 11.6 Å². The van der Waals surface area contributed by atoms with Crippen molar-refractivity contribution in [1.82, 2.24) is 0 Å². The Bertz CT molecular complexity index is 1350. The standard InChI is InChI=1S/C27H20ClNO3/c28-22-12-13-24-23(15-22)27(32,26(31)29(24)17-18-6-2-1-3-7-18)16-25(30)21-11-10-19-8-4-5-9-20(19)14-21/h1-15,32H,16-17H2. The monoisotopic (exact) mass is 441 g/mol. The van der Waals surface area contributed by atoms with Crippen LogP contribution in [0.25, 0.3) is 10.8 Å². The van der Waals surface area contributed by atoms with E-state index in [0.717, 1.165) is 16.3 Å². The maximum Gasteiger partial charge on any atom is 0.264 e. The van der Waals surface area contributed by atoms with Gasteiger partial charge in [-0.05, 0) is 40.6 Å². The number of halogens is 1. The molecular formula is C27H20ClNO3. The average molecular weight is 442 g/mol. The van der Waals surface area contributed by atoms with E-state index in [-0.39, 0.29) is 12.2 Å². The molecule has 0 aromatic heterocycles. The van der Waals surface area contributed by atoms with Gasteiger partial charge < -0.3 is 10.0 Å². The van der Waals surface area contributed by atoms with Crippen molar-refractivity contribution < 1.29 is 14.7 Å². The van der Waals surface area contributed by atoms with Gasteiger partial charge in [0.1, 0.15) is 0 Å². The Kier molecular flexibility index (Phi) is 5.04. The van der Waals surface area contributed by atoms with Crippen LogP contribution in [0.15, 0.2) is 91.0 Å². The first-order chi connectivity index (χ1) is 15.5. The summed E-state index contributed by atoms with van der Waals surface area (Å²) in [6, 6.07) is 27.6. The first kappa shape index (κ1) is 20.4. The number of Topliss-reactive ketones (excluding diaryl/α,β-unsaturated/α-hetero) is 1. The number of hydrogen-bond acceptors (Lipinski definition) is 3. The molecule has 4 nitrogen and oxygen atoms in total. The minimum Gasteiger partial charge on any atom is -0.375 e. The third kappa shape index (κ3) is 3.48. The molecule has 5 heteroatoms. The van der Waals surface area contributed by atoms with Crippen molar-refractivity contribution in [3.05, 3.63) is 113 Å². The Labute approximate surface area is 190 Å². The van der Waals surface area contributed by atoms with Crippen LogP contribution in [-0.2, 0) is 16.9 Å². The number of anilines is 1. The second kappa shape index (κ2) is 7.90. The highest BCUT2D eigenvalue weighted by molar-refractivity contribution is 6.31. The van der Waals surface area contributed by atoms with Crippen molar-refractivity contribution in [2.75, 3.05) is 4.90 Å². The Morgan fingerprint density at radius 3 is 2.38 bits per heavy atom. The summed E-state index contributed by atoms with van der Waals surface area (Å²) in [5.41, 5.74) is 0.330. The number of aliphatic hydroxyl groups is 1. The largest absolute Gasteiger partial charge is 0.375 e. The van der Waals surface area contributed by atoms with E-state index in [2.05, 4.69) is 0 Å². The van der Waals surface area contributed by atoms with Gasteiger partial charge >= 0.3 is 0 Å². The summed E-state index contributed by atoms with van der Waals surface area (Å²) >= 11 is 6.20. The van der Waals surface area contributed by atoms with Gasteiger partial charge in [-0.2, -0.15) is 0 Å². The highest BCUT2D eigenvalue weighted by Crippen LogP contribution is 2.44. The van der Waals surface area contributed by atoms with Crippen LogP contribution >= 0.6 is 11.6 Å². The normalized spacial score (nSPS) is 17.6. The van der Waals surface area contributed by atoms with Gasteiger partial charge in [-0.3, -0.25) is 9.59 Å². The molecule has 0 fully saturated rings. The van der Waals surface area contributed by atoms with E-state index >= 15 is 0 Å². The second-order valence-electron chi connectivity index (χ2n) is 8.06. The Balaban J connectivity index is 1.51. The quantitative estimate of drug-likeness (QED) is 0.416. The van der Waals surface area contributed by atoms with Crippen LogP contribution in [0.4, 0.5) is 5.69 Å². The number of carbonyl (C=O) groups excluding carboxylic acids is 2. The molecule has 4 aromatic carbocycles. The Morgan fingerprint density at radius 1 is 0.875 bits per heavy atom. The molecule has 1 atom stereocenters. The predicted molar refractivity (Wildman–Crippen MR) is 126 cm³/mol. The average Bonchev–Trinajstić information content (AvgIpc) is 3.00. The summed E-state index contributed by atoms with van der Waals surface area (Å²) in [6.07, 6.45) is -0.358. The lowest BCUT2D eigenvalue weighted by molar-refractivity contribution is -0.136. The molecule has 1 aliphatic heterocycles. The van der Waals surface area contributed by atoms with Gasteiger partial charge in [0.15, 0.2) is 11.4 Å². The fourth-order valence-corrected chi connectivity index (χ4v) is 4.49. The lowest BCUT2D eigenvalue weighted by Gasteiger charge is -2.23. The van der Waals surface area contributed by atoms with E-state index in [1.54, 1.807) is 30.3 Å². The molecule has 0 saturated carbocycles. The molecule has 0 bridgehead atoms. The van der Waals surface area contributed by atoms with Crippen LogP contribution < -0.4 is 4.90 Å². The minimum atomic E-state index is -1.97. The zero-order valence-electron chi connectivity index (χ0n) is 17.2. The smallest absolute Gasteiger partial charge is 0.264 e. The van der Waals surface area contributed by atoms with E-state index in [1.165, 1.54) is 4.90 Å². The summed E-state index contributed by atoms with van der Waals surface area (Å²) in [6.45, 7) is 0.292. The topological polar surface area (TPSA) is 57.6 Å². The molecule has 5 rings (SSSR count). The summed E-state index contributed by atoms with van der Waals surface area (Å²) in [5.74, 6) is -0.827. The van der Waals surface area contributed by atoms with Crippen LogP contribution in [0.5, 0.6) is 0 Å². The SMILES string of the molecule is O=C(CC1(O)C(=O)N(Cc2ccccc2)c2ccc(Cl)cc21)c1ccc2ccccc2c1. The van der Waals surface area contributed by atoms with Crippen LogP contribution in [0.2, 0.25) is 5.02 Å². The first-order valence-electron chi connectivity index (χ1n) is 10.4. The number of rotatable bonds is 5. The van der Waals surface area contributed by atoms with Crippen molar-refractivity contribution in [2.24, 2.45) is 0 Å². The molecule has 0 saturated heterocycles. The van der Waals surface area contributed by atoms with Crippen molar-refractivity contribution >= 4 is 39.8 Å². The highest BCUT2D eigenvalue weighted by atomic mass is 35.5. The highest BCUT2D eigenvalue weighted by Gasteiger charge is 2.51. The maximum absolute atomic E-state index is 13.5. The van der Waals surface area contributed by atoms with Gasteiger partial charge in [0, 0.05) is 16.1 Å². The Morgan fingerprint density at radius 2 is 1.59 bits per heavy atom. The molecule has 4 aromatic rings. The molecule has 1 heterocycles. The number of nitrogens with zero attached hydrogens (tertiary/aromatic N) is 1. The van der Waals surface area contributed by atoms with E-state index < -0.39 is 11.5 Å². The Hall–Kier alpha value is -3.47. The van der Waals surface area contributed by atoms with Crippen molar-refractivity contribution in [3.63, 3.8) is 0 Å². The van der Waals surface area contributed by atoms with Crippen molar-refractivity contribution in [3.8, 4) is 0 Å². The number of amides is 1. The van der Waals surface area contributed by atoms with E-state index in [0.29, 0.717) is 28.4 Å². The molecule has 1 unspecified atom stereocenters. The van der Waals surface area contributed by atoms with Gasteiger partial charge in [-0.25, -0.2) is 0 Å². The molecule has 1 amide bonds. The number of carbonyl (C=O) groups is 2. The van der Waals surface area contributed by atoms with Crippen LogP contribution in [0.3, 0.4) is 0 Å². The van der Waals surface area contributed by atoms with Crippen LogP contribution in [0, 0.1) is 0 Å². The fourth-order valence-electron chi connectivity index (χ4n) is 4.31. The third-order valence-corrected chi connectivity index (χ3v) is 6.20. The second-order valence-corrected chi connectivity index (χ2v) is 8.50. The number of benzene rings is 4. The minimum absolute atomic E-state index is 0.292. The zero-order valence-corrected chi connectivity index (χ0v) is 17.9. The van der Waals surface area contributed by atoms with Gasteiger partial charge in [-0.15, -0.1) is 0 Å². The molecule has 0 radical (unpaired) electrons. The zero-order chi connectivity index (χ0) is 22.3. The molecular weight excluding hydrogens is 422 g/mol. The molecule has 32 heavy (non-hydrogen) atoms. The van der Waals surface area contributed by atoms with Gasteiger partial charge in [0.05, 0.1) is 18.7 Å². The fraction of sp³-hybridized carbons (Fsp3) is 0.111. The predicted octanol–water partition coefficient (Wildman–Crippen LogP) is 5.50. The summed E-state index contributed by atoms with van der Waals surface area (Å²) in [4.78, 5) is 28.2. The van der Waals surface area contributed by atoms with E-state index in [1.807, 2.05) is 60.7 Å². The first-order valence-corrected chi connectivity index (χ1v) is 10.7. The van der Waals surface area contributed by atoms with Crippen LogP contribution in [-0.4, -0.2) is 16.8 Å². The summed E-state index contributed by atoms with van der Waals surface area (Å²) in [7, 11) is 0. The number of fused-ring (bicyclic) bond motifs is 2. The molecule has 0 aliphatic carbocycles. The lowest BCUT2D eigenvalue weighted by atomic mass is 9.87. The van der Waals surface area contributed by atoms with Gasteiger partial charge in [0.25, 0.3) is 5.91 Å². The third-order valence-electron chi connectivity index (χ3n) is 5.97. The van der Waals surface area contributed by atoms with Crippen molar-refractivity contribution in [2.45, 2.75) is 18.6 Å². The summed E-state index contributed by atoms with van der Waals surface area (Å²) in [5, 5.41) is 13.9. The molecule has 1 aliphatic rings. The van der Waals surface area contributed by atoms with E-state index in [9.17, 15) is 14.7 Å². The maximum atomic E-state index is 13.5. The number of hydrogen-bond donors (Lipinski definition) is 1. The molecule has 158 valence electrons.